The van der Waals surface area contributed by atoms with E-state index in [9.17, 15) is 0 Å². The number of nitriles is 1. The molecule has 0 amide bonds. The SMILES string of the molecule is CC(=N[C@H]1c2ccccc2COc2ccccc21)NC#N. The third-order valence-electron chi connectivity index (χ3n) is 3.51. The van der Waals surface area contributed by atoms with Crippen molar-refractivity contribution in [1.82, 2.24) is 5.32 Å². The molecule has 0 saturated heterocycles. The molecule has 104 valence electrons. The molecule has 2 aromatic carbocycles. The largest absolute Gasteiger partial charge is 0.489 e. The lowest BCUT2D eigenvalue weighted by molar-refractivity contribution is 0.307. The number of hydrogen-bond donors (Lipinski definition) is 1. The van der Waals surface area contributed by atoms with E-state index in [1.807, 2.05) is 42.6 Å². The van der Waals surface area contributed by atoms with Crippen molar-refractivity contribution in [3.63, 3.8) is 0 Å². The fraction of sp³-hybridized carbons (Fsp3) is 0.176. The number of aliphatic imine (C=N–C) groups is 1. The standard InChI is InChI=1S/C17H15N3O/c1-12(19-11-18)20-17-14-7-3-2-6-13(14)10-21-16-9-5-4-8-15(16)17/h2-9,17H,10H2,1H3,(H,19,20)/t17-/m0/s1. The molecule has 1 atom stereocenters. The Morgan fingerprint density at radius 3 is 2.71 bits per heavy atom. The van der Waals surface area contributed by atoms with Gasteiger partial charge in [-0.05, 0) is 24.1 Å². The Balaban J connectivity index is 2.16. The van der Waals surface area contributed by atoms with Gasteiger partial charge in [0, 0.05) is 5.56 Å². The molecule has 0 spiro atoms. The summed E-state index contributed by atoms with van der Waals surface area (Å²) >= 11 is 0. The number of ether oxygens (including phenoxy) is 1. The number of nitrogens with zero attached hydrogens (tertiary/aromatic N) is 2. The van der Waals surface area contributed by atoms with Crippen molar-refractivity contribution in [3.8, 4) is 11.9 Å². The van der Waals surface area contributed by atoms with Crippen molar-refractivity contribution in [2.45, 2.75) is 19.6 Å². The molecular weight excluding hydrogens is 262 g/mol. The van der Waals surface area contributed by atoms with Crippen LogP contribution in [0.25, 0.3) is 0 Å². The van der Waals surface area contributed by atoms with Gasteiger partial charge in [0.1, 0.15) is 24.2 Å². The van der Waals surface area contributed by atoms with Crippen LogP contribution in [0.3, 0.4) is 0 Å². The maximum Gasteiger partial charge on any atom is 0.182 e. The smallest absolute Gasteiger partial charge is 0.182 e. The third-order valence-corrected chi connectivity index (χ3v) is 3.51. The van der Waals surface area contributed by atoms with Crippen LogP contribution in [0.4, 0.5) is 0 Å². The number of amidine groups is 1. The first-order valence-corrected chi connectivity index (χ1v) is 6.78. The minimum Gasteiger partial charge on any atom is -0.489 e. The van der Waals surface area contributed by atoms with Crippen molar-refractivity contribution < 1.29 is 4.74 Å². The topological polar surface area (TPSA) is 57.4 Å². The summed E-state index contributed by atoms with van der Waals surface area (Å²) in [6, 6.07) is 15.9. The predicted octanol–water partition coefficient (Wildman–Crippen LogP) is 3.16. The molecule has 0 saturated carbocycles. The second kappa shape index (κ2) is 5.68. The summed E-state index contributed by atoms with van der Waals surface area (Å²) in [5, 5.41) is 11.3. The van der Waals surface area contributed by atoms with Gasteiger partial charge in [-0.1, -0.05) is 42.5 Å². The van der Waals surface area contributed by atoms with Crippen LogP contribution in [0.5, 0.6) is 5.75 Å². The summed E-state index contributed by atoms with van der Waals surface area (Å²) in [5.41, 5.74) is 3.25. The molecule has 0 bridgehead atoms. The van der Waals surface area contributed by atoms with Gasteiger partial charge in [0.2, 0.25) is 0 Å². The lowest BCUT2D eigenvalue weighted by Crippen LogP contribution is -2.15. The Bertz CT molecular complexity index is 683. The number of para-hydroxylation sites is 1. The average Bonchev–Trinajstić information content (AvgIpc) is 2.66. The van der Waals surface area contributed by atoms with Crippen molar-refractivity contribution in [1.29, 1.82) is 5.26 Å². The number of fused-ring (bicyclic) bond motifs is 2. The van der Waals surface area contributed by atoms with E-state index in [1.165, 1.54) is 0 Å². The molecular formula is C17H15N3O. The number of benzene rings is 2. The maximum atomic E-state index is 8.75. The van der Waals surface area contributed by atoms with Gasteiger partial charge in [-0.3, -0.25) is 10.3 Å². The zero-order valence-electron chi connectivity index (χ0n) is 11.7. The number of rotatable bonds is 1. The van der Waals surface area contributed by atoms with E-state index in [-0.39, 0.29) is 6.04 Å². The molecule has 1 aliphatic heterocycles. The number of nitrogens with one attached hydrogen (secondary N) is 1. The molecule has 3 rings (SSSR count). The highest BCUT2D eigenvalue weighted by Crippen LogP contribution is 2.37. The summed E-state index contributed by atoms with van der Waals surface area (Å²) in [6.07, 6.45) is 1.91. The summed E-state index contributed by atoms with van der Waals surface area (Å²) in [7, 11) is 0. The molecule has 2 aromatic rings. The van der Waals surface area contributed by atoms with Gasteiger partial charge in [0.25, 0.3) is 0 Å². The van der Waals surface area contributed by atoms with Gasteiger partial charge >= 0.3 is 0 Å². The minimum absolute atomic E-state index is 0.166. The Kier molecular flexibility index (Phi) is 3.57. The lowest BCUT2D eigenvalue weighted by atomic mass is 9.95. The molecule has 0 fully saturated rings. The van der Waals surface area contributed by atoms with E-state index in [4.69, 9.17) is 10.00 Å². The molecule has 4 nitrogen and oxygen atoms in total. The van der Waals surface area contributed by atoms with Crippen LogP contribution in [-0.2, 0) is 6.61 Å². The first-order valence-electron chi connectivity index (χ1n) is 6.78. The fourth-order valence-electron chi connectivity index (χ4n) is 2.54. The quantitative estimate of drug-likeness (QED) is 0.377. The lowest BCUT2D eigenvalue weighted by Gasteiger charge is -2.15. The Morgan fingerprint density at radius 1 is 1.19 bits per heavy atom. The van der Waals surface area contributed by atoms with Crippen molar-refractivity contribution in [2.24, 2.45) is 4.99 Å². The summed E-state index contributed by atoms with van der Waals surface area (Å²) in [6.45, 7) is 2.32. The average molecular weight is 277 g/mol. The Hall–Kier alpha value is -2.80. The van der Waals surface area contributed by atoms with Gasteiger partial charge in [0.05, 0.1) is 0 Å². The highest BCUT2D eigenvalue weighted by molar-refractivity contribution is 5.81. The highest BCUT2D eigenvalue weighted by atomic mass is 16.5. The van der Waals surface area contributed by atoms with E-state index < -0.39 is 0 Å². The van der Waals surface area contributed by atoms with Gasteiger partial charge < -0.3 is 4.74 Å². The molecule has 1 N–H and O–H groups in total. The van der Waals surface area contributed by atoms with E-state index in [0.717, 1.165) is 22.4 Å². The summed E-state index contributed by atoms with van der Waals surface area (Å²) < 4.78 is 5.89. The third kappa shape index (κ3) is 2.59. The summed E-state index contributed by atoms with van der Waals surface area (Å²) in [5.74, 6) is 1.43. The van der Waals surface area contributed by atoms with E-state index in [1.54, 1.807) is 6.92 Å². The zero-order valence-corrected chi connectivity index (χ0v) is 11.7. The second-order valence-electron chi connectivity index (χ2n) is 4.88. The van der Waals surface area contributed by atoms with Gasteiger partial charge in [-0.2, -0.15) is 5.26 Å². The molecule has 0 radical (unpaired) electrons. The molecule has 0 aromatic heterocycles. The second-order valence-corrected chi connectivity index (χ2v) is 4.88. The van der Waals surface area contributed by atoms with Crippen LogP contribution in [-0.4, -0.2) is 5.84 Å². The van der Waals surface area contributed by atoms with E-state index in [2.05, 4.69) is 22.4 Å². The van der Waals surface area contributed by atoms with Crippen LogP contribution in [0.15, 0.2) is 53.5 Å². The molecule has 1 heterocycles. The van der Waals surface area contributed by atoms with Crippen molar-refractivity contribution in [3.05, 3.63) is 65.2 Å². The first kappa shape index (κ1) is 13.2. The van der Waals surface area contributed by atoms with Crippen LogP contribution >= 0.6 is 0 Å². The van der Waals surface area contributed by atoms with Gasteiger partial charge in [-0.25, -0.2) is 0 Å². The monoisotopic (exact) mass is 277 g/mol. The van der Waals surface area contributed by atoms with Crippen LogP contribution in [0, 0.1) is 11.5 Å². The molecule has 21 heavy (non-hydrogen) atoms. The molecule has 0 unspecified atom stereocenters. The molecule has 4 heteroatoms. The van der Waals surface area contributed by atoms with Crippen LogP contribution in [0.2, 0.25) is 0 Å². The maximum absolute atomic E-state index is 8.75. The minimum atomic E-state index is -0.166. The first-order chi connectivity index (χ1) is 10.3. The molecule has 1 aliphatic rings. The van der Waals surface area contributed by atoms with Crippen molar-refractivity contribution in [2.75, 3.05) is 0 Å². The van der Waals surface area contributed by atoms with Crippen LogP contribution < -0.4 is 10.1 Å². The molecule has 0 aliphatic carbocycles. The van der Waals surface area contributed by atoms with E-state index >= 15 is 0 Å². The van der Waals surface area contributed by atoms with Gasteiger partial charge in [-0.15, -0.1) is 0 Å². The predicted molar refractivity (Wildman–Crippen MR) is 80.9 cm³/mol. The summed E-state index contributed by atoms with van der Waals surface area (Å²) in [4.78, 5) is 4.67. The normalized spacial score (nSPS) is 16.8. The van der Waals surface area contributed by atoms with Gasteiger partial charge in [0.15, 0.2) is 6.19 Å². The fourth-order valence-corrected chi connectivity index (χ4v) is 2.54. The number of hydrogen-bond acceptors (Lipinski definition) is 3. The van der Waals surface area contributed by atoms with Crippen LogP contribution in [0.1, 0.15) is 29.7 Å². The van der Waals surface area contributed by atoms with Crippen molar-refractivity contribution >= 4 is 5.84 Å². The van der Waals surface area contributed by atoms with E-state index in [0.29, 0.717) is 12.4 Å². The highest BCUT2D eigenvalue weighted by Gasteiger charge is 2.23. The Morgan fingerprint density at radius 2 is 1.90 bits per heavy atom. The zero-order chi connectivity index (χ0) is 14.7. The Labute approximate surface area is 123 Å².